The van der Waals surface area contributed by atoms with Crippen LogP contribution in [-0.4, -0.2) is 61.7 Å². The topological polar surface area (TPSA) is 66.5 Å². The molecular weight excluding hydrogens is 292 g/mol. The van der Waals surface area contributed by atoms with Gasteiger partial charge in [0.25, 0.3) is 5.91 Å². The van der Waals surface area contributed by atoms with E-state index < -0.39 is 0 Å². The molecule has 0 radical (unpaired) electrons. The van der Waals surface area contributed by atoms with Gasteiger partial charge in [0.1, 0.15) is 5.69 Å². The van der Waals surface area contributed by atoms with E-state index >= 15 is 0 Å². The Morgan fingerprint density at radius 3 is 2.91 bits per heavy atom. The van der Waals surface area contributed by atoms with E-state index in [0.717, 1.165) is 64.3 Å². The average Bonchev–Trinajstić information content (AvgIpc) is 2.60. The molecule has 0 saturated carbocycles. The number of pyridine rings is 1. The molecule has 2 heterocycles. The SMILES string of the molecule is CCCCCNC(=O)c1cc(NCCN2CCOCC2)ccn1. The number of morpholine rings is 1. The highest BCUT2D eigenvalue weighted by Gasteiger charge is 2.10. The summed E-state index contributed by atoms with van der Waals surface area (Å²) < 4.78 is 5.34. The molecule has 1 aromatic rings. The second-order valence-electron chi connectivity index (χ2n) is 5.77. The summed E-state index contributed by atoms with van der Waals surface area (Å²) in [7, 11) is 0. The van der Waals surface area contributed by atoms with Crippen molar-refractivity contribution in [2.24, 2.45) is 0 Å². The van der Waals surface area contributed by atoms with Gasteiger partial charge >= 0.3 is 0 Å². The first-order valence-corrected chi connectivity index (χ1v) is 8.58. The molecule has 6 nitrogen and oxygen atoms in total. The number of aromatic nitrogens is 1. The molecule has 23 heavy (non-hydrogen) atoms. The van der Waals surface area contributed by atoms with Crippen LogP contribution >= 0.6 is 0 Å². The number of carbonyl (C=O) groups excluding carboxylic acids is 1. The lowest BCUT2D eigenvalue weighted by Crippen LogP contribution is -2.39. The highest BCUT2D eigenvalue weighted by molar-refractivity contribution is 5.93. The Balaban J connectivity index is 1.73. The van der Waals surface area contributed by atoms with E-state index in [9.17, 15) is 4.79 Å². The second kappa shape index (κ2) is 10.2. The number of anilines is 1. The summed E-state index contributed by atoms with van der Waals surface area (Å²) >= 11 is 0. The van der Waals surface area contributed by atoms with Gasteiger partial charge in [-0.2, -0.15) is 0 Å². The first-order chi connectivity index (χ1) is 11.3. The van der Waals surface area contributed by atoms with E-state index in [1.807, 2.05) is 12.1 Å². The van der Waals surface area contributed by atoms with Crippen LogP contribution in [0.1, 0.15) is 36.7 Å². The minimum absolute atomic E-state index is 0.0991. The standard InChI is InChI=1S/C17H28N4O2/c1-2-3-4-6-20-17(22)16-14-15(5-7-19-16)18-8-9-21-10-12-23-13-11-21/h5,7,14H,2-4,6,8-13H2,1H3,(H,18,19)(H,20,22). The lowest BCUT2D eigenvalue weighted by atomic mass is 10.2. The fourth-order valence-electron chi connectivity index (χ4n) is 2.52. The number of rotatable bonds is 9. The smallest absolute Gasteiger partial charge is 0.269 e. The molecular formula is C17H28N4O2. The number of hydrogen-bond donors (Lipinski definition) is 2. The van der Waals surface area contributed by atoms with Crippen LogP contribution in [0.3, 0.4) is 0 Å². The fourth-order valence-corrected chi connectivity index (χ4v) is 2.52. The van der Waals surface area contributed by atoms with Gasteiger partial charge in [-0.1, -0.05) is 19.8 Å². The van der Waals surface area contributed by atoms with Crippen LogP contribution in [0.4, 0.5) is 5.69 Å². The summed E-state index contributed by atoms with van der Waals surface area (Å²) in [4.78, 5) is 18.6. The molecule has 0 bridgehead atoms. The fraction of sp³-hybridized carbons (Fsp3) is 0.647. The molecule has 1 amide bonds. The Hall–Kier alpha value is -1.66. The van der Waals surface area contributed by atoms with Gasteiger partial charge in [-0.25, -0.2) is 0 Å². The van der Waals surface area contributed by atoms with E-state index in [2.05, 4.69) is 27.4 Å². The Bertz CT molecular complexity index is 475. The number of carbonyl (C=O) groups is 1. The zero-order valence-corrected chi connectivity index (χ0v) is 14.0. The van der Waals surface area contributed by atoms with Crippen molar-refractivity contribution in [3.05, 3.63) is 24.0 Å². The molecule has 0 unspecified atom stereocenters. The van der Waals surface area contributed by atoms with Crippen molar-refractivity contribution in [2.75, 3.05) is 51.3 Å². The summed E-state index contributed by atoms with van der Waals surface area (Å²) in [5.41, 5.74) is 1.41. The summed E-state index contributed by atoms with van der Waals surface area (Å²) in [6.07, 6.45) is 4.98. The Morgan fingerprint density at radius 1 is 1.30 bits per heavy atom. The lowest BCUT2D eigenvalue weighted by Gasteiger charge is -2.26. The van der Waals surface area contributed by atoms with Gasteiger partial charge in [-0.15, -0.1) is 0 Å². The highest BCUT2D eigenvalue weighted by Crippen LogP contribution is 2.08. The van der Waals surface area contributed by atoms with Gasteiger partial charge < -0.3 is 15.4 Å². The van der Waals surface area contributed by atoms with Crippen LogP contribution in [0.5, 0.6) is 0 Å². The molecule has 1 saturated heterocycles. The maximum Gasteiger partial charge on any atom is 0.269 e. The van der Waals surface area contributed by atoms with E-state index in [1.54, 1.807) is 6.20 Å². The molecule has 0 atom stereocenters. The van der Waals surface area contributed by atoms with E-state index in [0.29, 0.717) is 12.2 Å². The first-order valence-electron chi connectivity index (χ1n) is 8.58. The average molecular weight is 320 g/mol. The maximum atomic E-state index is 12.1. The monoisotopic (exact) mass is 320 g/mol. The molecule has 128 valence electrons. The number of nitrogens with one attached hydrogen (secondary N) is 2. The zero-order chi connectivity index (χ0) is 16.3. The summed E-state index contributed by atoms with van der Waals surface area (Å²) in [6, 6.07) is 3.71. The zero-order valence-electron chi connectivity index (χ0n) is 14.0. The number of nitrogens with zero attached hydrogens (tertiary/aromatic N) is 2. The number of amides is 1. The maximum absolute atomic E-state index is 12.1. The van der Waals surface area contributed by atoms with Gasteiger partial charge in [0, 0.05) is 44.6 Å². The van der Waals surface area contributed by atoms with Crippen LogP contribution in [0.25, 0.3) is 0 Å². The molecule has 1 fully saturated rings. The van der Waals surface area contributed by atoms with Gasteiger partial charge in [-0.3, -0.25) is 14.7 Å². The van der Waals surface area contributed by atoms with Gasteiger partial charge in [0.05, 0.1) is 13.2 Å². The first kappa shape index (κ1) is 17.7. The van der Waals surface area contributed by atoms with Crippen molar-refractivity contribution in [3.8, 4) is 0 Å². The third kappa shape index (κ3) is 6.54. The number of hydrogen-bond acceptors (Lipinski definition) is 5. The molecule has 6 heteroatoms. The third-order valence-corrected chi connectivity index (χ3v) is 3.92. The van der Waals surface area contributed by atoms with E-state index in [-0.39, 0.29) is 5.91 Å². The second-order valence-corrected chi connectivity index (χ2v) is 5.77. The molecule has 2 rings (SSSR count). The lowest BCUT2D eigenvalue weighted by molar-refractivity contribution is 0.0398. The molecule has 0 spiro atoms. The molecule has 0 aromatic carbocycles. The summed E-state index contributed by atoms with van der Waals surface area (Å²) in [5.74, 6) is -0.0991. The Kier molecular flexibility index (Phi) is 7.83. The van der Waals surface area contributed by atoms with Crippen molar-refractivity contribution < 1.29 is 9.53 Å². The Morgan fingerprint density at radius 2 is 2.13 bits per heavy atom. The summed E-state index contributed by atoms with van der Waals surface area (Å²) in [5, 5.41) is 6.28. The van der Waals surface area contributed by atoms with E-state index in [1.165, 1.54) is 0 Å². The molecule has 0 aliphatic carbocycles. The van der Waals surface area contributed by atoms with Crippen LogP contribution in [0.15, 0.2) is 18.3 Å². The predicted molar refractivity (Wildman–Crippen MR) is 91.8 cm³/mol. The molecule has 1 aliphatic rings. The predicted octanol–water partition coefficient (Wildman–Crippen LogP) is 1.75. The van der Waals surface area contributed by atoms with Crippen molar-refractivity contribution >= 4 is 11.6 Å². The highest BCUT2D eigenvalue weighted by atomic mass is 16.5. The normalized spacial score (nSPS) is 15.3. The van der Waals surface area contributed by atoms with Crippen LogP contribution < -0.4 is 10.6 Å². The van der Waals surface area contributed by atoms with Crippen molar-refractivity contribution in [2.45, 2.75) is 26.2 Å². The third-order valence-electron chi connectivity index (χ3n) is 3.92. The number of ether oxygens (including phenoxy) is 1. The van der Waals surface area contributed by atoms with Gasteiger partial charge in [0.15, 0.2) is 0 Å². The Labute approximate surface area is 138 Å². The minimum Gasteiger partial charge on any atom is -0.384 e. The van der Waals surface area contributed by atoms with Crippen molar-refractivity contribution in [1.29, 1.82) is 0 Å². The minimum atomic E-state index is -0.0991. The van der Waals surface area contributed by atoms with Crippen molar-refractivity contribution in [3.63, 3.8) is 0 Å². The largest absolute Gasteiger partial charge is 0.384 e. The molecule has 1 aromatic heterocycles. The number of unbranched alkanes of at least 4 members (excludes halogenated alkanes) is 2. The van der Waals surface area contributed by atoms with Gasteiger partial charge in [-0.05, 0) is 18.6 Å². The van der Waals surface area contributed by atoms with Gasteiger partial charge in [0.2, 0.25) is 0 Å². The molecule has 1 aliphatic heterocycles. The van der Waals surface area contributed by atoms with Crippen molar-refractivity contribution in [1.82, 2.24) is 15.2 Å². The molecule has 2 N–H and O–H groups in total. The summed E-state index contributed by atoms with van der Waals surface area (Å²) in [6.45, 7) is 8.30. The quantitative estimate of drug-likeness (QED) is 0.679. The van der Waals surface area contributed by atoms with Crippen LogP contribution in [0, 0.1) is 0 Å². The van der Waals surface area contributed by atoms with Crippen LogP contribution in [-0.2, 0) is 4.74 Å². The van der Waals surface area contributed by atoms with E-state index in [4.69, 9.17) is 4.74 Å². The van der Waals surface area contributed by atoms with Crippen LogP contribution in [0.2, 0.25) is 0 Å².